The Kier molecular flexibility index (Phi) is 23.8. The number of aromatic nitrogens is 7. The minimum Gasteiger partial charge on any atom is -0.497 e. The average molecular weight is 1440 g/mol. The van der Waals surface area contributed by atoms with Crippen LogP contribution in [0.3, 0.4) is 0 Å². The number of carbonyl (C=O) groups excluding carboxylic acids is 3. The highest BCUT2D eigenvalue weighted by atomic mass is 35.5. The number of halogens is 5. The summed E-state index contributed by atoms with van der Waals surface area (Å²) in [5.41, 5.74) is 15.9. The summed E-state index contributed by atoms with van der Waals surface area (Å²) in [5, 5.41) is 36.4. The van der Waals surface area contributed by atoms with Crippen LogP contribution in [0.1, 0.15) is 197 Å². The maximum Gasteiger partial charge on any atom is 0.272 e. The summed E-state index contributed by atoms with van der Waals surface area (Å²) >= 11 is 31.6. The van der Waals surface area contributed by atoms with E-state index >= 15 is 0 Å². The van der Waals surface area contributed by atoms with Crippen LogP contribution in [0.15, 0.2) is 134 Å². The Balaban J connectivity index is 0.000000145. The van der Waals surface area contributed by atoms with Crippen LogP contribution in [0.4, 0.5) is 0 Å². The second-order valence-corrected chi connectivity index (χ2v) is 28.0. The van der Waals surface area contributed by atoms with Crippen LogP contribution in [0.5, 0.6) is 11.5 Å². The zero-order valence-corrected chi connectivity index (χ0v) is 60.1. The molecule has 4 N–H and O–H groups in total. The first-order chi connectivity index (χ1) is 48.6. The number of rotatable bonds is 13. The number of nitrogens with zero attached hydrogens (tertiary/aromatic N) is 7. The van der Waals surface area contributed by atoms with Gasteiger partial charge in [-0.25, -0.2) is 9.36 Å². The van der Waals surface area contributed by atoms with Crippen LogP contribution in [0.25, 0.3) is 46.3 Å². The predicted octanol–water partition coefficient (Wildman–Crippen LogP) is 18.4. The minimum atomic E-state index is -0.522. The number of amides is 3. The van der Waals surface area contributed by atoms with E-state index < -0.39 is 6.10 Å². The van der Waals surface area contributed by atoms with Crippen molar-refractivity contribution in [3.8, 4) is 22.9 Å². The molecule has 9 aromatic rings. The van der Waals surface area contributed by atoms with Gasteiger partial charge < -0.3 is 30.1 Å². The van der Waals surface area contributed by atoms with Crippen molar-refractivity contribution < 1.29 is 29.0 Å². The lowest BCUT2D eigenvalue weighted by molar-refractivity contribution is 0.0716. The van der Waals surface area contributed by atoms with Crippen molar-refractivity contribution in [1.82, 2.24) is 50.3 Å². The highest BCUT2D eigenvalue weighted by molar-refractivity contribution is 6.36. The lowest BCUT2D eigenvalue weighted by Crippen LogP contribution is -2.40. The number of methoxy groups -OCH3 is 2. The van der Waals surface area contributed by atoms with Gasteiger partial charge in [0.05, 0.1) is 76.6 Å². The van der Waals surface area contributed by atoms with Gasteiger partial charge in [0.1, 0.15) is 17.2 Å². The van der Waals surface area contributed by atoms with E-state index in [0.29, 0.717) is 55.0 Å². The van der Waals surface area contributed by atoms with Crippen LogP contribution < -0.4 is 20.1 Å². The number of aliphatic hydroxyl groups excluding tert-OH is 1. The molecule has 4 aromatic heterocycles. The molecule has 3 atom stereocenters. The molecule has 1 saturated heterocycles. The van der Waals surface area contributed by atoms with E-state index in [0.717, 1.165) is 200 Å². The van der Waals surface area contributed by atoms with Gasteiger partial charge in [0.25, 0.3) is 17.7 Å². The number of aliphatic hydroxyl groups is 1. The van der Waals surface area contributed by atoms with Crippen LogP contribution in [0.2, 0.25) is 25.1 Å². The zero-order valence-electron chi connectivity index (χ0n) is 56.3. The van der Waals surface area contributed by atoms with Crippen molar-refractivity contribution in [3.05, 3.63) is 232 Å². The Morgan fingerprint density at radius 1 is 0.560 bits per heavy atom. The Morgan fingerprint density at radius 3 is 1.55 bits per heavy atom. The third kappa shape index (κ3) is 16.9. The minimum absolute atomic E-state index is 0.117. The van der Waals surface area contributed by atoms with Crippen LogP contribution in [-0.4, -0.2) is 102 Å². The van der Waals surface area contributed by atoms with Gasteiger partial charge in [0.2, 0.25) is 0 Å². The number of hydrogen-bond acceptors (Lipinski definition) is 10. The molecule has 100 heavy (non-hydrogen) atoms. The molecule has 0 bridgehead atoms. The molecule has 5 heterocycles. The molecule has 3 amide bonds. The van der Waals surface area contributed by atoms with Crippen molar-refractivity contribution >= 4 is 111 Å². The van der Waals surface area contributed by atoms with E-state index in [2.05, 4.69) is 44.0 Å². The largest absolute Gasteiger partial charge is 0.497 e. The normalized spacial score (nSPS) is 18.2. The molecule has 21 heteroatoms. The summed E-state index contributed by atoms with van der Waals surface area (Å²) in [7, 11) is 3.30. The molecule has 0 radical (unpaired) electrons. The SMILES string of the molecule is COc1ccc(/C=C2\CCCCc3c(C(=O)NC(C)c4ccccn4)nn(-c4ccc(Cl)cc4Cl)c32)cc1.COc1ccc(/C=C2\CCCCc3c(C(=O)N[C@@H]4CCC[C@H]4O)nn(-c4ccc(Cl)cc4Cl)c32)cc1.O=C(c1[nH]nc2c1CCCC/C2=C\c1ccc(Cl)cc1)N1CCCCC1. The monoisotopic (exact) mass is 1440 g/mol. The molecule has 5 aliphatic rings. The van der Waals surface area contributed by atoms with Crippen LogP contribution in [0, 0.1) is 0 Å². The number of piperidine rings is 1. The second-order valence-electron chi connectivity index (χ2n) is 25.9. The number of hydrogen-bond donors (Lipinski definition) is 4. The van der Waals surface area contributed by atoms with E-state index in [-0.39, 0.29) is 29.8 Å². The zero-order chi connectivity index (χ0) is 69.8. The fourth-order valence-corrected chi connectivity index (χ4v) is 15.0. The molecular formula is C79H81Cl5N10O6. The molecule has 518 valence electrons. The molecule has 16 nitrogen and oxygen atoms in total. The van der Waals surface area contributed by atoms with Gasteiger partial charge in [-0.15, -0.1) is 0 Å². The predicted molar refractivity (Wildman–Crippen MR) is 400 cm³/mol. The summed E-state index contributed by atoms with van der Waals surface area (Å²) in [6.45, 7) is 3.64. The summed E-state index contributed by atoms with van der Waals surface area (Å²) in [4.78, 5) is 46.4. The number of H-pyrrole nitrogens is 1. The number of carbonyl (C=O) groups is 3. The Labute approximate surface area is 608 Å². The third-order valence-electron chi connectivity index (χ3n) is 19.1. The highest BCUT2D eigenvalue weighted by Crippen LogP contribution is 2.41. The van der Waals surface area contributed by atoms with E-state index in [9.17, 15) is 19.5 Å². The average Bonchev–Trinajstić information content (AvgIpc) is 1.62. The molecule has 14 rings (SSSR count). The maximum absolute atomic E-state index is 13.6. The molecule has 2 fully saturated rings. The molecule has 5 aromatic carbocycles. The van der Waals surface area contributed by atoms with Gasteiger partial charge in [-0.3, -0.25) is 24.5 Å². The van der Waals surface area contributed by atoms with Gasteiger partial charge in [0.15, 0.2) is 11.4 Å². The van der Waals surface area contributed by atoms with Gasteiger partial charge in [-0.1, -0.05) is 100 Å². The topological polar surface area (TPSA) is 194 Å². The molecule has 1 unspecified atom stereocenters. The summed E-state index contributed by atoms with van der Waals surface area (Å²) in [6, 6.07) is 39.4. The lowest BCUT2D eigenvalue weighted by Gasteiger charge is -2.26. The first kappa shape index (κ1) is 71.3. The molecule has 1 aliphatic heterocycles. The third-order valence-corrected chi connectivity index (χ3v) is 20.4. The standard InChI is InChI=1S/C30H28Cl2N4O2.C28H29Cl2N3O3.C21H24ClN3O/c1-19(26-9-5-6-16-33-26)34-30(37)28-24-8-4-3-7-21(17-20-10-13-23(38-2)14-11-20)29(24)36(35-28)27-15-12-22(31)18-25(27)32;1-36-20-12-9-17(10-13-20)15-18-5-2-3-6-21-26(28(35)31-23-7-4-8-25(23)34)32-33(27(18)21)24-14-11-19(29)16-22(24)30;22-17-10-8-15(9-11-17)14-16-6-2-3-7-18-19(16)23-24-20(18)21(26)25-12-4-1-5-13-25/h5-6,9-19H,3-4,7-8H2,1-2H3,(H,34,37);9-16,23,25,34H,2-8H2,1H3,(H,31,35);8-11,14H,1-7,12-13H2,(H,23,24)/b21-17+;18-15+;16-14+/t;23-,25-;/m.1./s1. The van der Waals surface area contributed by atoms with E-state index in [4.69, 9.17) is 77.7 Å². The van der Waals surface area contributed by atoms with Crippen molar-refractivity contribution in [2.75, 3.05) is 27.3 Å². The van der Waals surface area contributed by atoms with Crippen LogP contribution >= 0.6 is 58.0 Å². The smallest absolute Gasteiger partial charge is 0.272 e. The van der Waals surface area contributed by atoms with Crippen molar-refractivity contribution in [1.29, 1.82) is 0 Å². The highest BCUT2D eigenvalue weighted by Gasteiger charge is 2.34. The lowest BCUT2D eigenvalue weighted by atomic mass is 10.0. The van der Waals surface area contributed by atoms with Gasteiger partial charge in [0, 0.05) is 51.0 Å². The van der Waals surface area contributed by atoms with E-state index in [1.165, 1.54) is 12.0 Å². The van der Waals surface area contributed by atoms with Gasteiger partial charge >= 0.3 is 0 Å². The summed E-state index contributed by atoms with van der Waals surface area (Å²) < 4.78 is 14.2. The number of ether oxygens (including phenoxy) is 2. The van der Waals surface area contributed by atoms with Gasteiger partial charge in [-0.05, 0) is 259 Å². The number of fused-ring (bicyclic) bond motifs is 3. The number of pyridine rings is 1. The van der Waals surface area contributed by atoms with Crippen LogP contribution in [-0.2, 0) is 19.3 Å². The number of benzene rings is 5. The number of nitrogens with one attached hydrogen (secondary N) is 3. The van der Waals surface area contributed by atoms with E-state index in [1.54, 1.807) is 54.0 Å². The number of likely N-dealkylation sites (tertiary alicyclic amines) is 1. The fourth-order valence-electron chi connectivity index (χ4n) is 13.9. The molecule has 4 aliphatic carbocycles. The number of aromatic amines is 1. The maximum atomic E-state index is 13.6. The Hall–Kier alpha value is -8.48. The fraction of sp³-hybridized carbons (Fsp3) is 0.329. The second kappa shape index (κ2) is 33.3. The summed E-state index contributed by atoms with van der Waals surface area (Å²) in [5.74, 6) is 1.21. The molecular weight excluding hydrogens is 1360 g/mol. The first-order valence-electron chi connectivity index (χ1n) is 34.5. The Morgan fingerprint density at radius 2 is 1.05 bits per heavy atom. The number of allylic oxidation sites excluding steroid dienone is 3. The quantitative estimate of drug-likeness (QED) is 0.0807. The molecule has 1 saturated carbocycles. The van der Waals surface area contributed by atoms with Gasteiger partial charge in [-0.2, -0.15) is 15.3 Å². The van der Waals surface area contributed by atoms with E-state index in [1.807, 2.05) is 115 Å². The van der Waals surface area contributed by atoms with Crippen molar-refractivity contribution in [3.63, 3.8) is 0 Å². The Bertz CT molecular complexity index is 4480. The molecule has 0 spiro atoms. The van der Waals surface area contributed by atoms with Crippen molar-refractivity contribution in [2.45, 2.75) is 141 Å². The summed E-state index contributed by atoms with van der Waals surface area (Å²) in [6.07, 6.45) is 24.6. The van der Waals surface area contributed by atoms with Crippen molar-refractivity contribution in [2.24, 2.45) is 0 Å². The first-order valence-corrected chi connectivity index (χ1v) is 36.4.